The lowest BCUT2D eigenvalue weighted by molar-refractivity contribution is -0.139. The summed E-state index contributed by atoms with van der Waals surface area (Å²) in [5.74, 6) is -0.726. The number of thiophene rings is 1. The molecule has 1 atom stereocenters. The van der Waals surface area contributed by atoms with Crippen molar-refractivity contribution in [1.82, 2.24) is 0 Å². The van der Waals surface area contributed by atoms with E-state index in [0.717, 1.165) is 16.2 Å². The minimum absolute atomic E-state index is 0.153. The summed E-state index contributed by atoms with van der Waals surface area (Å²) in [5.41, 5.74) is 1.01. The van der Waals surface area contributed by atoms with Crippen molar-refractivity contribution in [1.29, 1.82) is 0 Å². The van der Waals surface area contributed by atoms with Crippen molar-refractivity contribution in [2.24, 2.45) is 0 Å². The fourth-order valence-electron chi connectivity index (χ4n) is 1.66. The van der Waals surface area contributed by atoms with Gasteiger partial charge in [0.25, 0.3) is 0 Å². The Bertz CT molecular complexity index is 520. The lowest BCUT2D eigenvalue weighted by atomic mass is 10.1. The molecule has 0 saturated carbocycles. The maximum atomic E-state index is 11.2. The molecule has 18 heavy (non-hydrogen) atoms. The van der Waals surface area contributed by atoms with E-state index < -0.39 is 11.9 Å². The standard InChI is InChI=1S/C14H14O3S/c1-10-5-2-3-6-12(10)17-9-11(14(15)16)13-7-4-8-18-13/h2-8,11H,9H2,1H3,(H,15,16). The van der Waals surface area contributed by atoms with Crippen molar-refractivity contribution in [3.63, 3.8) is 0 Å². The maximum absolute atomic E-state index is 11.2. The fourth-order valence-corrected chi connectivity index (χ4v) is 2.46. The topological polar surface area (TPSA) is 46.5 Å². The summed E-state index contributed by atoms with van der Waals surface area (Å²) in [5, 5.41) is 11.1. The van der Waals surface area contributed by atoms with E-state index in [1.54, 1.807) is 0 Å². The average molecular weight is 262 g/mol. The van der Waals surface area contributed by atoms with Crippen molar-refractivity contribution >= 4 is 17.3 Å². The number of rotatable bonds is 5. The van der Waals surface area contributed by atoms with Crippen molar-refractivity contribution in [2.45, 2.75) is 12.8 Å². The first kappa shape index (κ1) is 12.6. The van der Waals surface area contributed by atoms with Gasteiger partial charge in [0.2, 0.25) is 0 Å². The van der Waals surface area contributed by atoms with Crippen LogP contribution in [-0.2, 0) is 4.79 Å². The van der Waals surface area contributed by atoms with Crippen LogP contribution in [0.1, 0.15) is 16.4 Å². The van der Waals surface area contributed by atoms with Crippen LogP contribution in [0, 0.1) is 6.92 Å². The minimum atomic E-state index is -0.856. The van der Waals surface area contributed by atoms with Gasteiger partial charge in [-0.2, -0.15) is 0 Å². The number of carboxylic acids is 1. The van der Waals surface area contributed by atoms with E-state index in [0.29, 0.717) is 0 Å². The molecule has 0 spiro atoms. The summed E-state index contributed by atoms with van der Waals surface area (Å²) in [6, 6.07) is 11.3. The zero-order valence-corrected chi connectivity index (χ0v) is 10.8. The highest BCUT2D eigenvalue weighted by atomic mass is 32.1. The highest BCUT2D eigenvalue weighted by Crippen LogP contribution is 2.24. The Balaban J connectivity index is 2.08. The van der Waals surface area contributed by atoms with Gasteiger partial charge in [-0.05, 0) is 30.0 Å². The fraction of sp³-hybridized carbons (Fsp3) is 0.214. The van der Waals surface area contributed by atoms with Gasteiger partial charge < -0.3 is 9.84 Å². The van der Waals surface area contributed by atoms with Gasteiger partial charge in [-0.25, -0.2) is 0 Å². The van der Waals surface area contributed by atoms with Crippen LogP contribution in [0.3, 0.4) is 0 Å². The van der Waals surface area contributed by atoms with Crippen LogP contribution in [0.5, 0.6) is 5.75 Å². The van der Waals surface area contributed by atoms with Crippen LogP contribution >= 0.6 is 11.3 Å². The quantitative estimate of drug-likeness (QED) is 0.899. The second-order valence-electron chi connectivity index (χ2n) is 3.98. The van der Waals surface area contributed by atoms with E-state index in [9.17, 15) is 9.90 Å². The molecule has 4 heteroatoms. The van der Waals surface area contributed by atoms with Crippen LogP contribution in [0.2, 0.25) is 0 Å². The number of para-hydroxylation sites is 1. The van der Waals surface area contributed by atoms with E-state index in [4.69, 9.17) is 4.74 Å². The number of aryl methyl sites for hydroxylation is 1. The molecule has 1 unspecified atom stereocenters. The van der Waals surface area contributed by atoms with Gasteiger partial charge in [0.1, 0.15) is 18.3 Å². The van der Waals surface area contributed by atoms with Gasteiger partial charge in [0, 0.05) is 4.88 Å². The number of ether oxygens (including phenoxy) is 1. The Morgan fingerprint density at radius 2 is 2.11 bits per heavy atom. The number of hydrogen-bond donors (Lipinski definition) is 1. The van der Waals surface area contributed by atoms with Crippen molar-refractivity contribution < 1.29 is 14.6 Å². The largest absolute Gasteiger partial charge is 0.492 e. The second-order valence-corrected chi connectivity index (χ2v) is 4.96. The monoisotopic (exact) mass is 262 g/mol. The molecule has 1 N–H and O–H groups in total. The number of carbonyl (C=O) groups is 1. The highest BCUT2D eigenvalue weighted by molar-refractivity contribution is 7.10. The van der Waals surface area contributed by atoms with Gasteiger partial charge >= 0.3 is 5.97 Å². The molecule has 1 aromatic heterocycles. The Labute approximate surface area is 110 Å². The predicted octanol–water partition coefficient (Wildman–Crippen LogP) is 3.30. The normalized spacial score (nSPS) is 12.1. The molecular formula is C14H14O3S. The molecule has 0 amide bonds. The van der Waals surface area contributed by atoms with Crippen molar-refractivity contribution in [3.8, 4) is 5.75 Å². The molecule has 2 aromatic rings. The average Bonchev–Trinajstić information content (AvgIpc) is 2.85. The van der Waals surface area contributed by atoms with Gasteiger partial charge in [0.05, 0.1) is 0 Å². The summed E-state index contributed by atoms with van der Waals surface area (Å²) in [6.07, 6.45) is 0. The third kappa shape index (κ3) is 2.90. The smallest absolute Gasteiger partial charge is 0.315 e. The van der Waals surface area contributed by atoms with Crippen LogP contribution in [0.4, 0.5) is 0 Å². The first-order valence-corrected chi connectivity index (χ1v) is 6.51. The molecule has 0 fully saturated rings. The lowest BCUT2D eigenvalue weighted by Crippen LogP contribution is -2.18. The predicted molar refractivity (Wildman–Crippen MR) is 71.4 cm³/mol. The zero-order chi connectivity index (χ0) is 13.0. The number of hydrogen-bond acceptors (Lipinski definition) is 3. The lowest BCUT2D eigenvalue weighted by Gasteiger charge is -2.13. The molecule has 94 valence electrons. The van der Waals surface area contributed by atoms with Crippen LogP contribution < -0.4 is 4.74 Å². The highest BCUT2D eigenvalue weighted by Gasteiger charge is 2.21. The molecule has 0 radical (unpaired) electrons. The maximum Gasteiger partial charge on any atom is 0.315 e. The van der Waals surface area contributed by atoms with E-state index in [2.05, 4.69) is 0 Å². The second kappa shape index (κ2) is 5.69. The first-order chi connectivity index (χ1) is 8.68. The van der Waals surface area contributed by atoms with E-state index in [1.165, 1.54) is 11.3 Å². The van der Waals surface area contributed by atoms with Crippen molar-refractivity contribution in [3.05, 3.63) is 52.2 Å². The van der Waals surface area contributed by atoms with Gasteiger partial charge in [-0.1, -0.05) is 24.3 Å². The SMILES string of the molecule is Cc1ccccc1OCC(C(=O)O)c1cccs1. The zero-order valence-electron chi connectivity index (χ0n) is 10.00. The summed E-state index contributed by atoms with van der Waals surface area (Å²) in [6.45, 7) is 2.09. The van der Waals surface area contributed by atoms with Crippen LogP contribution in [-0.4, -0.2) is 17.7 Å². The molecule has 2 rings (SSSR count). The third-order valence-electron chi connectivity index (χ3n) is 2.68. The van der Waals surface area contributed by atoms with Gasteiger partial charge in [-0.3, -0.25) is 4.79 Å². The Hall–Kier alpha value is -1.81. The molecular weight excluding hydrogens is 248 g/mol. The third-order valence-corrected chi connectivity index (χ3v) is 3.67. The number of benzene rings is 1. The molecule has 1 aromatic carbocycles. The number of carboxylic acid groups (broad SMARTS) is 1. The van der Waals surface area contributed by atoms with Crippen molar-refractivity contribution in [2.75, 3.05) is 6.61 Å². The molecule has 0 aliphatic carbocycles. The molecule has 0 bridgehead atoms. The Kier molecular flexibility index (Phi) is 3.99. The molecule has 0 saturated heterocycles. The van der Waals surface area contributed by atoms with Crippen LogP contribution in [0.15, 0.2) is 41.8 Å². The minimum Gasteiger partial charge on any atom is -0.492 e. The summed E-state index contributed by atoms with van der Waals surface area (Å²) < 4.78 is 5.61. The van der Waals surface area contributed by atoms with E-state index in [-0.39, 0.29) is 6.61 Å². The Morgan fingerprint density at radius 1 is 1.33 bits per heavy atom. The summed E-state index contributed by atoms with van der Waals surface area (Å²) in [7, 11) is 0. The first-order valence-electron chi connectivity index (χ1n) is 5.63. The molecule has 0 aliphatic rings. The Morgan fingerprint density at radius 3 is 2.72 bits per heavy atom. The van der Waals surface area contributed by atoms with E-state index >= 15 is 0 Å². The van der Waals surface area contributed by atoms with E-state index in [1.807, 2.05) is 48.7 Å². The van der Waals surface area contributed by atoms with Crippen LogP contribution in [0.25, 0.3) is 0 Å². The molecule has 1 heterocycles. The van der Waals surface area contributed by atoms with Gasteiger partial charge in [-0.15, -0.1) is 11.3 Å². The number of aliphatic carboxylic acids is 1. The molecule has 3 nitrogen and oxygen atoms in total. The summed E-state index contributed by atoms with van der Waals surface area (Å²) >= 11 is 1.44. The molecule has 0 aliphatic heterocycles. The van der Waals surface area contributed by atoms with Gasteiger partial charge in [0.15, 0.2) is 0 Å². The summed E-state index contributed by atoms with van der Waals surface area (Å²) in [4.78, 5) is 12.0.